The molecule has 0 saturated carbocycles. The number of rotatable bonds is 5. The lowest BCUT2D eigenvalue weighted by Crippen LogP contribution is -2.28. The van der Waals surface area contributed by atoms with Gasteiger partial charge in [-0.3, -0.25) is 0 Å². The van der Waals surface area contributed by atoms with Crippen LogP contribution in [-0.2, 0) is 6.54 Å². The van der Waals surface area contributed by atoms with Crippen molar-refractivity contribution in [3.05, 3.63) is 52.0 Å². The fourth-order valence-corrected chi connectivity index (χ4v) is 2.29. The van der Waals surface area contributed by atoms with Crippen LogP contribution in [0.15, 0.2) is 36.4 Å². The topological polar surface area (TPSA) is 59.6 Å². The van der Waals surface area contributed by atoms with Gasteiger partial charge in [-0.2, -0.15) is 0 Å². The predicted molar refractivity (Wildman–Crippen MR) is 91.9 cm³/mol. The zero-order valence-electron chi connectivity index (χ0n) is 12.7. The summed E-state index contributed by atoms with van der Waals surface area (Å²) in [4.78, 5) is 11.9. The molecule has 2 amide bonds. The van der Waals surface area contributed by atoms with Gasteiger partial charge in [-0.25, -0.2) is 4.79 Å². The van der Waals surface area contributed by atoms with Gasteiger partial charge in [-0.05, 0) is 29.8 Å². The molecule has 5 nitrogen and oxygen atoms in total. The van der Waals surface area contributed by atoms with Crippen molar-refractivity contribution in [2.75, 3.05) is 19.5 Å². The van der Waals surface area contributed by atoms with E-state index in [0.717, 1.165) is 5.56 Å². The Morgan fingerprint density at radius 3 is 2.52 bits per heavy atom. The Hall–Kier alpha value is -2.11. The lowest BCUT2D eigenvalue weighted by molar-refractivity contribution is 0.251. The Labute approximate surface area is 144 Å². The molecule has 0 bridgehead atoms. The average molecular weight is 355 g/mol. The van der Waals surface area contributed by atoms with Gasteiger partial charge in [0.05, 0.1) is 30.0 Å². The van der Waals surface area contributed by atoms with Gasteiger partial charge in [0.15, 0.2) is 11.5 Å². The number of nitrogens with one attached hydrogen (secondary N) is 2. The first-order chi connectivity index (χ1) is 11.0. The minimum atomic E-state index is -0.385. The van der Waals surface area contributed by atoms with Crippen LogP contribution in [0.4, 0.5) is 10.5 Å². The van der Waals surface area contributed by atoms with E-state index in [1.165, 1.54) is 0 Å². The number of hydrogen-bond donors (Lipinski definition) is 2. The highest BCUT2D eigenvalue weighted by atomic mass is 35.5. The van der Waals surface area contributed by atoms with Crippen LogP contribution >= 0.6 is 23.2 Å². The van der Waals surface area contributed by atoms with E-state index in [9.17, 15) is 4.79 Å². The number of ether oxygens (including phenoxy) is 2. The third kappa shape index (κ3) is 4.43. The van der Waals surface area contributed by atoms with Gasteiger partial charge < -0.3 is 20.1 Å². The van der Waals surface area contributed by atoms with Crippen LogP contribution in [0, 0.1) is 0 Å². The van der Waals surface area contributed by atoms with Crippen LogP contribution < -0.4 is 20.1 Å². The number of hydrogen-bond acceptors (Lipinski definition) is 3. The highest BCUT2D eigenvalue weighted by Gasteiger charge is 2.09. The average Bonchev–Trinajstić information content (AvgIpc) is 2.56. The monoisotopic (exact) mass is 354 g/mol. The van der Waals surface area contributed by atoms with Crippen LogP contribution in [0.2, 0.25) is 10.0 Å². The summed E-state index contributed by atoms with van der Waals surface area (Å²) in [6.07, 6.45) is 0. The fraction of sp³-hybridized carbons (Fsp3) is 0.188. The summed E-state index contributed by atoms with van der Waals surface area (Å²) >= 11 is 11.9. The van der Waals surface area contributed by atoms with Crippen molar-refractivity contribution in [3.8, 4) is 11.5 Å². The molecule has 0 radical (unpaired) electrons. The fourth-order valence-electron chi connectivity index (χ4n) is 1.94. The first kappa shape index (κ1) is 17.2. The molecule has 0 fully saturated rings. The van der Waals surface area contributed by atoms with Gasteiger partial charge >= 0.3 is 6.03 Å². The zero-order chi connectivity index (χ0) is 16.8. The van der Waals surface area contributed by atoms with Crippen LogP contribution in [-0.4, -0.2) is 20.3 Å². The first-order valence-electron chi connectivity index (χ1n) is 6.75. The van der Waals surface area contributed by atoms with E-state index in [2.05, 4.69) is 10.6 Å². The molecule has 0 spiro atoms. The summed E-state index contributed by atoms with van der Waals surface area (Å²) in [7, 11) is 3.13. The van der Waals surface area contributed by atoms with Crippen LogP contribution in [0.5, 0.6) is 11.5 Å². The standard InChI is InChI=1S/C16H16Cl2N2O3/c1-22-13-7-6-10(8-14(13)23-2)9-19-16(21)20-12-5-3-4-11(17)15(12)18/h3-8H,9H2,1-2H3,(H2,19,20,21). The molecule has 122 valence electrons. The number of methoxy groups -OCH3 is 2. The third-order valence-electron chi connectivity index (χ3n) is 3.10. The van der Waals surface area contributed by atoms with E-state index < -0.39 is 0 Å². The molecular weight excluding hydrogens is 339 g/mol. The molecule has 0 atom stereocenters. The molecule has 2 rings (SSSR count). The lowest BCUT2D eigenvalue weighted by atomic mass is 10.2. The van der Waals surface area contributed by atoms with E-state index in [1.807, 2.05) is 6.07 Å². The second-order valence-electron chi connectivity index (χ2n) is 4.60. The summed E-state index contributed by atoms with van der Waals surface area (Å²) < 4.78 is 10.4. The molecule has 0 aromatic heterocycles. The quantitative estimate of drug-likeness (QED) is 0.839. The summed E-state index contributed by atoms with van der Waals surface area (Å²) in [5.41, 5.74) is 1.32. The molecule has 0 unspecified atom stereocenters. The van der Waals surface area contributed by atoms with Gasteiger partial charge in [-0.1, -0.05) is 35.3 Å². The minimum absolute atomic E-state index is 0.301. The highest BCUT2D eigenvalue weighted by Crippen LogP contribution is 2.29. The van der Waals surface area contributed by atoms with Crippen molar-refractivity contribution in [2.45, 2.75) is 6.54 Å². The number of urea groups is 1. The number of carbonyl (C=O) groups excluding carboxylic acids is 1. The Morgan fingerprint density at radius 1 is 1.09 bits per heavy atom. The summed E-state index contributed by atoms with van der Waals surface area (Å²) in [5, 5.41) is 6.07. The highest BCUT2D eigenvalue weighted by molar-refractivity contribution is 6.43. The Balaban J connectivity index is 1.98. The van der Waals surface area contributed by atoms with Crippen molar-refractivity contribution in [1.29, 1.82) is 0 Å². The van der Waals surface area contributed by atoms with Crippen molar-refractivity contribution >= 4 is 34.9 Å². The SMILES string of the molecule is COc1ccc(CNC(=O)Nc2cccc(Cl)c2Cl)cc1OC. The Kier molecular flexibility index (Phi) is 5.96. The number of amides is 2. The van der Waals surface area contributed by atoms with Gasteiger partial charge in [0, 0.05) is 6.54 Å². The largest absolute Gasteiger partial charge is 0.493 e. The Bertz CT molecular complexity index is 708. The van der Waals surface area contributed by atoms with E-state index in [0.29, 0.717) is 33.8 Å². The zero-order valence-corrected chi connectivity index (χ0v) is 14.2. The van der Waals surface area contributed by atoms with Crippen LogP contribution in [0.1, 0.15) is 5.56 Å². The maximum Gasteiger partial charge on any atom is 0.319 e. The van der Waals surface area contributed by atoms with Crippen LogP contribution in [0.3, 0.4) is 0 Å². The normalized spacial score (nSPS) is 10.1. The van der Waals surface area contributed by atoms with Crippen molar-refractivity contribution in [1.82, 2.24) is 5.32 Å². The molecule has 23 heavy (non-hydrogen) atoms. The smallest absolute Gasteiger partial charge is 0.319 e. The first-order valence-corrected chi connectivity index (χ1v) is 7.50. The summed E-state index contributed by atoms with van der Waals surface area (Å²) in [6.45, 7) is 0.324. The van der Waals surface area contributed by atoms with E-state index in [4.69, 9.17) is 32.7 Å². The molecular formula is C16H16Cl2N2O3. The van der Waals surface area contributed by atoms with Crippen molar-refractivity contribution in [3.63, 3.8) is 0 Å². The van der Waals surface area contributed by atoms with Gasteiger partial charge in [-0.15, -0.1) is 0 Å². The van der Waals surface area contributed by atoms with E-state index >= 15 is 0 Å². The number of carbonyl (C=O) groups is 1. The second kappa shape index (κ2) is 7.94. The van der Waals surface area contributed by atoms with Gasteiger partial charge in [0.2, 0.25) is 0 Å². The molecule has 0 aliphatic carbocycles. The molecule has 0 heterocycles. The van der Waals surface area contributed by atoms with E-state index in [-0.39, 0.29) is 6.03 Å². The maximum atomic E-state index is 11.9. The van der Waals surface area contributed by atoms with Gasteiger partial charge in [0.1, 0.15) is 0 Å². The minimum Gasteiger partial charge on any atom is -0.493 e. The molecule has 7 heteroatoms. The number of benzene rings is 2. The van der Waals surface area contributed by atoms with Crippen molar-refractivity contribution in [2.24, 2.45) is 0 Å². The molecule has 0 aliphatic rings. The second-order valence-corrected chi connectivity index (χ2v) is 5.38. The maximum absolute atomic E-state index is 11.9. The van der Waals surface area contributed by atoms with Crippen molar-refractivity contribution < 1.29 is 14.3 Å². The Morgan fingerprint density at radius 2 is 1.83 bits per heavy atom. The number of anilines is 1. The molecule has 2 aromatic rings. The molecule has 2 aromatic carbocycles. The third-order valence-corrected chi connectivity index (χ3v) is 3.92. The van der Waals surface area contributed by atoms with Crippen LogP contribution in [0.25, 0.3) is 0 Å². The van der Waals surface area contributed by atoms with Gasteiger partial charge in [0.25, 0.3) is 0 Å². The van der Waals surface area contributed by atoms with E-state index in [1.54, 1.807) is 44.6 Å². The summed E-state index contributed by atoms with van der Waals surface area (Å²) in [6, 6.07) is 10.1. The molecule has 2 N–H and O–H groups in total. The molecule has 0 aliphatic heterocycles. The lowest BCUT2D eigenvalue weighted by Gasteiger charge is -2.12. The molecule has 0 saturated heterocycles. The summed E-state index contributed by atoms with van der Waals surface area (Å²) in [5.74, 6) is 1.23. The predicted octanol–water partition coefficient (Wildman–Crippen LogP) is 4.33. The number of halogens is 2.